The molecule has 0 radical (unpaired) electrons. The Morgan fingerprint density at radius 2 is 2.36 bits per heavy atom. The van der Waals surface area contributed by atoms with Crippen molar-refractivity contribution in [3.8, 4) is 11.5 Å². The first-order valence-electron chi connectivity index (χ1n) is 3.78. The Morgan fingerprint density at radius 1 is 1.64 bits per heavy atom. The molecular weight excluding hydrogens is 184 g/mol. The SMILES string of the molecule is COc1cc(C(=O)C=[N+]=[N-])ccc1O. The van der Waals surface area contributed by atoms with Gasteiger partial charge in [0, 0.05) is 5.56 Å². The molecule has 0 aromatic heterocycles. The molecule has 1 aromatic carbocycles. The molecule has 0 aliphatic rings. The molecule has 0 saturated carbocycles. The Balaban J connectivity index is 3.12. The van der Waals surface area contributed by atoms with Gasteiger partial charge in [-0.1, -0.05) is 0 Å². The van der Waals surface area contributed by atoms with Crippen molar-refractivity contribution in [1.29, 1.82) is 0 Å². The van der Waals surface area contributed by atoms with Crippen LogP contribution >= 0.6 is 0 Å². The summed E-state index contributed by atoms with van der Waals surface area (Å²) in [4.78, 5) is 13.8. The number of hydrogen-bond donors (Lipinski definition) is 1. The second-order valence-electron chi connectivity index (χ2n) is 2.50. The van der Waals surface area contributed by atoms with Crippen LogP contribution in [-0.2, 0) is 0 Å². The molecule has 0 saturated heterocycles. The molecule has 0 fully saturated rings. The molecule has 0 unspecified atom stereocenters. The van der Waals surface area contributed by atoms with E-state index in [9.17, 15) is 9.90 Å². The minimum atomic E-state index is -0.467. The van der Waals surface area contributed by atoms with Crippen molar-refractivity contribution >= 4 is 12.0 Å². The third-order valence-corrected chi connectivity index (χ3v) is 1.64. The number of benzene rings is 1. The Kier molecular flexibility index (Phi) is 2.99. The third-order valence-electron chi connectivity index (χ3n) is 1.64. The fourth-order valence-electron chi connectivity index (χ4n) is 0.958. The fraction of sp³-hybridized carbons (Fsp3) is 0.111. The number of phenolic OH excluding ortho intramolecular Hbond substituents is 1. The highest BCUT2D eigenvalue weighted by Crippen LogP contribution is 2.26. The van der Waals surface area contributed by atoms with Gasteiger partial charge in [0.15, 0.2) is 11.5 Å². The molecule has 5 nitrogen and oxygen atoms in total. The normalized spacial score (nSPS) is 8.93. The summed E-state index contributed by atoms with van der Waals surface area (Å²) in [5, 5.41) is 9.23. The zero-order valence-corrected chi connectivity index (χ0v) is 7.47. The predicted octanol–water partition coefficient (Wildman–Crippen LogP) is 0.884. The van der Waals surface area contributed by atoms with Crippen LogP contribution in [-0.4, -0.2) is 29.0 Å². The lowest BCUT2D eigenvalue weighted by Gasteiger charge is -2.02. The Morgan fingerprint density at radius 3 is 2.93 bits per heavy atom. The van der Waals surface area contributed by atoms with Gasteiger partial charge < -0.3 is 15.4 Å². The van der Waals surface area contributed by atoms with Gasteiger partial charge in [0.25, 0.3) is 5.78 Å². The summed E-state index contributed by atoms with van der Waals surface area (Å²) in [6.45, 7) is 0. The molecule has 0 spiro atoms. The van der Waals surface area contributed by atoms with Crippen molar-refractivity contribution in [2.24, 2.45) is 0 Å². The molecule has 0 amide bonds. The minimum Gasteiger partial charge on any atom is -0.504 e. The summed E-state index contributed by atoms with van der Waals surface area (Å²) in [5.74, 6) is -0.321. The van der Waals surface area contributed by atoms with Crippen molar-refractivity contribution in [3.63, 3.8) is 0 Å². The standard InChI is InChI=1S/C9H8N2O3/c1-14-9-4-6(2-3-7(9)12)8(13)5-11-10/h2-5,12H,1H3. The van der Waals surface area contributed by atoms with Crippen LogP contribution in [0.1, 0.15) is 10.4 Å². The van der Waals surface area contributed by atoms with Crippen molar-refractivity contribution < 1.29 is 19.4 Å². The quantitative estimate of drug-likeness (QED) is 0.334. The average Bonchev–Trinajstić information content (AvgIpc) is 2.19. The van der Waals surface area contributed by atoms with Crippen LogP contribution in [0.5, 0.6) is 11.5 Å². The number of carbonyl (C=O) groups is 1. The molecule has 1 aromatic rings. The highest BCUT2D eigenvalue weighted by atomic mass is 16.5. The van der Waals surface area contributed by atoms with E-state index in [2.05, 4.69) is 4.79 Å². The molecule has 0 aliphatic carbocycles. The van der Waals surface area contributed by atoms with Gasteiger partial charge in [0.2, 0.25) is 0 Å². The highest BCUT2D eigenvalue weighted by Gasteiger charge is 2.10. The molecular formula is C9H8N2O3. The van der Waals surface area contributed by atoms with Gasteiger partial charge in [-0.3, -0.25) is 4.79 Å². The fourth-order valence-corrected chi connectivity index (χ4v) is 0.958. The lowest BCUT2D eigenvalue weighted by Crippen LogP contribution is -2.01. The van der Waals surface area contributed by atoms with Crippen LogP contribution in [0.3, 0.4) is 0 Å². The van der Waals surface area contributed by atoms with E-state index in [-0.39, 0.29) is 17.1 Å². The maximum absolute atomic E-state index is 11.2. The summed E-state index contributed by atoms with van der Waals surface area (Å²) >= 11 is 0. The Bertz CT molecular complexity index is 409. The van der Waals surface area contributed by atoms with Crippen molar-refractivity contribution in [1.82, 2.24) is 0 Å². The van der Waals surface area contributed by atoms with E-state index in [4.69, 9.17) is 10.3 Å². The number of nitrogens with zero attached hydrogens (tertiary/aromatic N) is 2. The smallest absolute Gasteiger partial charge is 0.328 e. The number of phenols is 1. The topological polar surface area (TPSA) is 82.9 Å². The molecule has 1 N–H and O–H groups in total. The van der Waals surface area contributed by atoms with Gasteiger partial charge in [-0.2, -0.15) is 4.79 Å². The van der Waals surface area contributed by atoms with Gasteiger partial charge in [0.1, 0.15) is 0 Å². The first kappa shape index (κ1) is 9.95. The lowest BCUT2D eigenvalue weighted by molar-refractivity contribution is 0.00234. The first-order valence-corrected chi connectivity index (χ1v) is 3.78. The van der Waals surface area contributed by atoms with Crippen molar-refractivity contribution in [3.05, 3.63) is 29.3 Å². The second kappa shape index (κ2) is 4.20. The zero-order valence-electron chi connectivity index (χ0n) is 7.47. The molecule has 0 atom stereocenters. The summed E-state index contributed by atoms with van der Waals surface area (Å²) in [6, 6.07) is 4.10. The highest BCUT2D eigenvalue weighted by molar-refractivity contribution is 6.33. The van der Waals surface area contributed by atoms with Crippen LogP contribution in [0, 0.1) is 0 Å². The number of rotatable bonds is 3. The van der Waals surface area contributed by atoms with Gasteiger partial charge in [0.05, 0.1) is 7.11 Å². The number of ketones is 1. The molecule has 0 heterocycles. The minimum absolute atomic E-state index is 0.0509. The summed E-state index contributed by atoms with van der Waals surface area (Å²) in [6.07, 6.45) is 0.770. The number of ether oxygens (including phenoxy) is 1. The maximum Gasteiger partial charge on any atom is 0.328 e. The van der Waals surface area contributed by atoms with Gasteiger partial charge in [-0.05, 0) is 18.2 Å². The molecule has 1 rings (SSSR count). The number of aromatic hydroxyl groups is 1. The molecule has 0 bridgehead atoms. The molecule has 0 aliphatic heterocycles. The van der Waals surface area contributed by atoms with E-state index < -0.39 is 5.78 Å². The largest absolute Gasteiger partial charge is 0.504 e. The van der Waals surface area contributed by atoms with E-state index in [1.165, 1.54) is 25.3 Å². The van der Waals surface area contributed by atoms with E-state index in [1.54, 1.807) is 0 Å². The van der Waals surface area contributed by atoms with Crippen LogP contribution in [0.25, 0.3) is 5.53 Å². The number of methoxy groups -OCH3 is 1. The predicted molar refractivity (Wildman–Crippen MR) is 48.7 cm³/mol. The molecule has 14 heavy (non-hydrogen) atoms. The number of hydrogen-bond acceptors (Lipinski definition) is 3. The van der Waals surface area contributed by atoms with E-state index in [0.29, 0.717) is 0 Å². The Labute approximate surface area is 80.2 Å². The van der Waals surface area contributed by atoms with Crippen molar-refractivity contribution in [2.45, 2.75) is 0 Å². The summed E-state index contributed by atoms with van der Waals surface area (Å²) in [5.41, 5.74) is 8.42. The van der Waals surface area contributed by atoms with Crippen LogP contribution in [0.2, 0.25) is 0 Å². The second-order valence-corrected chi connectivity index (χ2v) is 2.50. The lowest BCUT2D eigenvalue weighted by atomic mass is 10.1. The van der Waals surface area contributed by atoms with Crippen LogP contribution in [0.4, 0.5) is 0 Å². The first-order chi connectivity index (χ1) is 6.69. The van der Waals surface area contributed by atoms with Crippen LogP contribution < -0.4 is 4.74 Å². The number of carbonyl (C=O) groups excluding carboxylic acids is 1. The maximum atomic E-state index is 11.2. The van der Waals surface area contributed by atoms with E-state index in [0.717, 1.165) is 6.21 Å². The van der Waals surface area contributed by atoms with Gasteiger partial charge in [-0.25, -0.2) is 0 Å². The number of Topliss-reactive ketones (excluding diaryl/α,β-unsaturated/α-hetero) is 1. The third kappa shape index (κ3) is 1.97. The molecule has 5 heteroatoms. The van der Waals surface area contributed by atoms with Gasteiger partial charge >= 0.3 is 6.21 Å². The molecule has 72 valence electrons. The van der Waals surface area contributed by atoms with Crippen molar-refractivity contribution in [2.75, 3.05) is 7.11 Å². The monoisotopic (exact) mass is 192 g/mol. The zero-order chi connectivity index (χ0) is 10.6. The summed E-state index contributed by atoms with van der Waals surface area (Å²) in [7, 11) is 1.38. The van der Waals surface area contributed by atoms with Crippen LogP contribution in [0.15, 0.2) is 18.2 Å². The van der Waals surface area contributed by atoms with E-state index >= 15 is 0 Å². The average molecular weight is 192 g/mol. The Hall–Kier alpha value is -2.13. The van der Waals surface area contributed by atoms with E-state index in [1.807, 2.05) is 0 Å². The van der Waals surface area contributed by atoms with Gasteiger partial charge in [-0.15, -0.1) is 0 Å². The summed E-state index contributed by atoms with van der Waals surface area (Å²) < 4.78 is 4.80.